The van der Waals surface area contributed by atoms with Gasteiger partial charge in [-0.25, -0.2) is 0 Å². The number of aromatic nitrogens is 1. The Morgan fingerprint density at radius 2 is 0.883 bits per heavy atom. The van der Waals surface area contributed by atoms with Crippen LogP contribution < -0.4 is 5.32 Å². The first-order valence-electron chi connectivity index (χ1n) is 21.1. The Bertz CT molecular complexity index is 3200. The van der Waals surface area contributed by atoms with Gasteiger partial charge in [0.15, 0.2) is 0 Å². The molecule has 2 N–H and O–H groups in total. The zero-order valence-electron chi connectivity index (χ0n) is 33.8. The van der Waals surface area contributed by atoms with Crippen LogP contribution in [0.5, 0.6) is 0 Å². The second kappa shape index (κ2) is 14.8. The molecule has 0 aliphatic heterocycles. The number of anilines is 2. The third-order valence-electron chi connectivity index (χ3n) is 12.9. The Balaban J connectivity index is 1.02. The highest BCUT2D eigenvalue weighted by Crippen LogP contribution is 2.51. The van der Waals surface area contributed by atoms with Crippen LogP contribution in [0.2, 0.25) is 0 Å². The minimum atomic E-state index is 0.309. The number of nitrogens with one attached hydrogen (secondary N) is 2. The van der Waals surface area contributed by atoms with E-state index in [1.165, 1.54) is 99.7 Å². The van der Waals surface area contributed by atoms with Crippen molar-refractivity contribution in [3.8, 4) is 66.8 Å². The van der Waals surface area contributed by atoms with E-state index in [-0.39, 0.29) is 0 Å². The Hall–Kier alpha value is -7.42. The molecule has 1 aliphatic carbocycles. The molecule has 2 heteroatoms. The molecule has 1 aromatic heterocycles. The SMILES string of the molecule is CC1c2cc(-c3cc(-c4ccccc4-c4ccccc4)ccc3Nc3ccccc3)ccc2-c2ccc3c([nH]c4ccc(-c5ccccc5-c5ccccc5)cc43)c2C1C. The second-order valence-electron chi connectivity index (χ2n) is 16.3. The molecule has 1 heterocycles. The van der Waals surface area contributed by atoms with Gasteiger partial charge in [-0.1, -0.05) is 184 Å². The van der Waals surface area contributed by atoms with Crippen LogP contribution in [0.15, 0.2) is 206 Å². The number of aromatic amines is 1. The van der Waals surface area contributed by atoms with E-state index in [9.17, 15) is 0 Å². The summed E-state index contributed by atoms with van der Waals surface area (Å²) in [5.74, 6) is 0.620. The Kier molecular flexibility index (Phi) is 8.78. The highest BCUT2D eigenvalue weighted by Gasteiger charge is 2.31. The zero-order chi connectivity index (χ0) is 40.2. The number of rotatable bonds is 7. The first kappa shape index (κ1) is 35.7. The molecule has 1 aliphatic rings. The normalized spacial score (nSPS) is 14.5. The van der Waals surface area contributed by atoms with E-state index < -0.39 is 0 Å². The van der Waals surface area contributed by atoms with Crippen LogP contribution in [-0.2, 0) is 0 Å². The third-order valence-corrected chi connectivity index (χ3v) is 12.9. The fraction of sp³-hybridized carbons (Fsp3) is 0.0690. The van der Waals surface area contributed by atoms with Crippen LogP contribution >= 0.6 is 0 Å². The summed E-state index contributed by atoms with van der Waals surface area (Å²) in [6.07, 6.45) is 0. The second-order valence-corrected chi connectivity index (χ2v) is 16.3. The summed E-state index contributed by atoms with van der Waals surface area (Å²) in [5, 5.41) is 6.31. The first-order chi connectivity index (χ1) is 29.6. The number of fused-ring (bicyclic) bond motifs is 7. The van der Waals surface area contributed by atoms with Gasteiger partial charge in [-0.2, -0.15) is 0 Å². The summed E-state index contributed by atoms with van der Waals surface area (Å²) in [6, 6.07) is 75.1. The van der Waals surface area contributed by atoms with Crippen molar-refractivity contribution in [2.75, 3.05) is 5.32 Å². The summed E-state index contributed by atoms with van der Waals surface area (Å²) in [4.78, 5) is 3.91. The summed E-state index contributed by atoms with van der Waals surface area (Å²) in [7, 11) is 0. The molecule has 60 heavy (non-hydrogen) atoms. The van der Waals surface area contributed by atoms with E-state index in [0.717, 1.165) is 11.4 Å². The van der Waals surface area contributed by atoms with E-state index in [1.54, 1.807) is 0 Å². The predicted molar refractivity (Wildman–Crippen MR) is 255 cm³/mol. The fourth-order valence-corrected chi connectivity index (χ4v) is 9.68. The molecule has 0 saturated carbocycles. The molecule has 0 fully saturated rings. The summed E-state index contributed by atoms with van der Waals surface area (Å²) in [6.45, 7) is 4.82. The van der Waals surface area contributed by atoms with Gasteiger partial charge in [0.2, 0.25) is 0 Å². The van der Waals surface area contributed by atoms with Crippen LogP contribution in [0.1, 0.15) is 36.8 Å². The van der Waals surface area contributed by atoms with Crippen molar-refractivity contribution in [2.24, 2.45) is 0 Å². The third kappa shape index (κ3) is 6.12. The summed E-state index contributed by atoms with van der Waals surface area (Å²) < 4.78 is 0. The summed E-state index contributed by atoms with van der Waals surface area (Å²) in [5.41, 5.74) is 22.3. The Morgan fingerprint density at radius 3 is 1.53 bits per heavy atom. The van der Waals surface area contributed by atoms with Gasteiger partial charge >= 0.3 is 0 Å². The van der Waals surface area contributed by atoms with Crippen LogP contribution in [0.4, 0.5) is 11.4 Å². The minimum absolute atomic E-state index is 0.309. The van der Waals surface area contributed by atoms with Gasteiger partial charge in [0.05, 0.1) is 5.52 Å². The van der Waals surface area contributed by atoms with Gasteiger partial charge < -0.3 is 10.3 Å². The van der Waals surface area contributed by atoms with E-state index in [2.05, 4.69) is 230 Å². The first-order valence-corrected chi connectivity index (χ1v) is 21.1. The molecule has 0 bridgehead atoms. The van der Waals surface area contributed by atoms with Crippen LogP contribution in [0.25, 0.3) is 88.6 Å². The van der Waals surface area contributed by atoms with E-state index >= 15 is 0 Å². The smallest absolute Gasteiger partial charge is 0.0506 e. The number of benzene rings is 9. The van der Waals surface area contributed by atoms with Gasteiger partial charge in [-0.05, 0) is 121 Å². The molecule has 0 saturated heterocycles. The van der Waals surface area contributed by atoms with Gasteiger partial charge in [0.1, 0.15) is 0 Å². The molecular weight excluding hydrogens is 725 g/mol. The lowest BCUT2D eigenvalue weighted by molar-refractivity contribution is 0.620. The van der Waals surface area contributed by atoms with Crippen LogP contribution in [0, 0.1) is 0 Å². The molecule has 0 radical (unpaired) electrons. The van der Waals surface area contributed by atoms with Gasteiger partial charge in [-0.3, -0.25) is 0 Å². The van der Waals surface area contributed by atoms with E-state index in [0.29, 0.717) is 11.8 Å². The van der Waals surface area contributed by atoms with E-state index in [1.807, 2.05) is 0 Å². The fourth-order valence-electron chi connectivity index (χ4n) is 9.68. The minimum Gasteiger partial charge on any atom is -0.355 e. The number of para-hydroxylation sites is 1. The Labute approximate surface area is 351 Å². The zero-order valence-corrected chi connectivity index (χ0v) is 33.8. The molecular formula is C58H44N2. The molecule has 9 aromatic carbocycles. The van der Waals surface area contributed by atoms with Gasteiger partial charge in [0, 0.05) is 33.2 Å². The molecule has 2 unspecified atom stereocenters. The maximum absolute atomic E-state index is 3.91. The lowest BCUT2D eigenvalue weighted by Crippen LogP contribution is -2.14. The quantitative estimate of drug-likeness (QED) is 0.166. The van der Waals surface area contributed by atoms with Crippen molar-refractivity contribution < 1.29 is 0 Å². The van der Waals surface area contributed by atoms with Crippen molar-refractivity contribution in [3.63, 3.8) is 0 Å². The molecule has 286 valence electrons. The van der Waals surface area contributed by atoms with E-state index in [4.69, 9.17) is 0 Å². The van der Waals surface area contributed by atoms with Crippen molar-refractivity contribution in [2.45, 2.75) is 25.7 Å². The number of hydrogen-bond donors (Lipinski definition) is 2. The molecule has 2 atom stereocenters. The number of H-pyrrole nitrogens is 1. The molecule has 10 aromatic rings. The van der Waals surface area contributed by atoms with Crippen molar-refractivity contribution >= 4 is 33.2 Å². The van der Waals surface area contributed by atoms with Crippen LogP contribution in [-0.4, -0.2) is 4.98 Å². The van der Waals surface area contributed by atoms with Crippen molar-refractivity contribution in [3.05, 3.63) is 217 Å². The monoisotopic (exact) mass is 768 g/mol. The molecule has 0 amide bonds. The molecule has 0 spiro atoms. The maximum Gasteiger partial charge on any atom is 0.0506 e. The standard InChI is InChI=1S/C58H44N2/c1-37-38(2)57-50(30-31-51-54-36-42(28-33-56(54)60-58(51)57)48-25-15-13-23-46(48)40-18-8-4-9-19-40)49-29-26-43(34-52(37)49)53-35-41(27-32-55(53)59-44-20-10-5-11-21-44)47-24-14-12-22-45(47)39-16-6-3-7-17-39/h3-38,59-60H,1-2H3. The lowest BCUT2D eigenvalue weighted by atomic mass is 9.72. The average Bonchev–Trinajstić information content (AvgIpc) is 3.69. The Morgan fingerprint density at radius 1 is 0.367 bits per heavy atom. The predicted octanol–water partition coefficient (Wildman–Crippen LogP) is 16.3. The van der Waals surface area contributed by atoms with Crippen molar-refractivity contribution in [1.82, 2.24) is 4.98 Å². The maximum atomic E-state index is 3.91. The molecule has 2 nitrogen and oxygen atoms in total. The van der Waals surface area contributed by atoms with Crippen LogP contribution in [0.3, 0.4) is 0 Å². The summed E-state index contributed by atoms with van der Waals surface area (Å²) >= 11 is 0. The van der Waals surface area contributed by atoms with Gasteiger partial charge in [0.25, 0.3) is 0 Å². The largest absolute Gasteiger partial charge is 0.355 e. The topological polar surface area (TPSA) is 27.8 Å². The molecule has 11 rings (SSSR count). The highest BCUT2D eigenvalue weighted by molar-refractivity contribution is 6.12. The van der Waals surface area contributed by atoms with Crippen molar-refractivity contribution in [1.29, 1.82) is 0 Å². The number of hydrogen-bond acceptors (Lipinski definition) is 1. The van der Waals surface area contributed by atoms with Gasteiger partial charge in [-0.15, -0.1) is 0 Å². The lowest BCUT2D eigenvalue weighted by Gasteiger charge is -2.32. The highest BCUT2D eigenvalue weighted by atomic mass is 14.9. The average molecular weight is 769 g/mol.